The third-order valence-corrected chi connectivity index (χ3v) is 8.63. The van der Waals surface area contributed by atoms with E-state index in [1.807, 2.05) is 30.3 Å². The molecule has 2 fully saturated rings. The molecular weight excluding hydrogens is 464 g/mol. The monoisotopic (exact) mass is 486 g/mol. The molecule has 3 aromatic rings. The number of morpholine rings is 1. The number of hydrogen-bond donors (Lipinski definition) is 0. The van der Waals surface area contributed by atoms with Crippen LogP contribution in [0.5, 0.6) is 0 Å². The molecule has 172 valence electrons. The molecule has 0 N–H and O–H groups in total. The van der Waals surface area contributed by atoms with E-state index >= 15 is 0 Å². The van der Waals surface area contributed by atoms with Crippen molar-refractivity contribution in [3.63, 3.8) is 0 Å². The van der Waals surface area contributed by atoms with Crippen LogP contribution in [0.4, 0.5) is 5.69 Å². The van der Waals surface area contributed by atoms with Gasteiger partial charge in [0.2, 0.25) is 10.0 Å². The highest BCUT2D eigenvalue weighted by molar-refractivity contribution is 7.99. The molecule has 2 heterocycles. The Morgan fingerprint density at radius 3 is 2.48 bits per heavy atom. The van der Waals surface area contributed by atoms with Crippen molar-refractivity contribution in [1.82, 2.24) is 13.9 Å². The molecule has 11 heteroatoms. The standard InChI is InChI=1S/C22H22N4O5S2/c27-26(28)19-14-18(33(29,30)24-10-12-31-13-11-24)8-9-21(19)32-22-23-15-20(25(22)17-6-7-17)16-4-2-1-3-5-16/h1-5,8-9,14-15,17H,6-7,10-13H2. The van der Waals surface area contributed by atoms with Crippen molar-refractivity contribution in [2.75, 3.05) is 26.3 Å². The van der Waals surface area contributed by atoms with Crippen molar-refractivity contribution in [1.29, 1.82) is 0 Å². The fourth-order valence-corrected chi connectivity index (χ4v) is 6.30. The van der Waals surface area contributed by atoms with Gasteiger partial charge >= 0.3 is 0 Å². The van der Waals surface area contributed by atoms with E-state index in [1.165, 1.54) is 28.2 Å². The predicted molar refractivity (Wildman–Crippen MR) is 123 cm³/mol. The zero-order valence-electron chi connectivity index (χ0n) is 17.7. The first-order valence-corrected chi connectivity index (χ1v) is 12.9. The Hall–Kier alpha value is -2.73. The second-order valence-electron chi connectivity index (χ2n) is 7.90. The number of aromatic nitrogens is 2. The van der Waals surface area contributed by atoms with Crippen molar-refractivity contribution in [3.8, 4) is 11.3 Å². The van der Waals surface area contributed by atoms with Crippen LogP contribution in [-0.4, -0.2) is 53.5 Å². The zero-order valence-corrected chi connectivity index (χ0v) is 19.3. The van der Waals surface area contributed by atoms with E-state index < -0.39 is 14.9 Å². The molecule has 1 aromatic heterocycles. The first kappa shape index (κ1) is 22.1. The molecule has 2 aromatic carbocycles. The Morgan fingerprint density at radius 1 is 1.09 bits per heavy atom. The van der Waals surface area contributed by atoms with Crippen LogP contribution in [0, 0.1) is 10.1 Å². The normalized spacial score (nSPS) is 17.2. The first-order valence-electron chi connectivity index (χ1n) is 10.6. The summed E-state index contributed by atoms with van der Waals surface area (Å²) in [5, 5.41) is 12.5. The SMILES string of the molecule is O=[N+]([O-])c1cc(S(=O)(=O)N2CCOCC2)ccc1Sc1ncc(-c2ccccc2)n1C1CC1. The van der Waals surface area contributed by atoms with Gasteiger partial charge in [0, 0.05) is 25.2 Å². The third-order valence-electron chi connectivity index (χ3n) is 5.68. The maximum Gasteiger partial charge on any atom is 0.284 e. The summed E-state index contributed by atoms with van der Waals surface area (Å²) >= 11 is 1.19. The lowest BCUT2D eigenvalue weighted by Crippen LogP contribution is -2.40. The van der Waals surface area contributed by atoms with Gasteiger partial charge in [0.25, 0.3) is 5.69 Å². The molecule has 0 unspecified atom stereocenters. The van der Waals surface area contributed by atoms with Crippen LogP contribution in [-0.2, 0) is 14.8 Å². The third kappa shape index (κ3) is 4.41. The lowest BCUT2D eigenvalue weighted by atomic mass is 10.2. The minimum absolute atomic E-state index is 0.0871. The smallest absolute Gasteiger partial charge is 0.284 e. The lowest BCUT2D eigenvalue weighted by Gasteiger charge is -2.26. The Labute approximate surface area is 195 Å². The molecule has 1 aliphatic carbocycles. The van der Waals surface area contributed by atoms with E-state index in [9.17, 15) is 18.5 Å². The van der Waals surface area contributed by atoms with Gasteiger partial charge in [0.05, 0.1) is 39.8 Å². The highest BCUT2D eigenvalue weighted by Gasteiger charge is 2.32. The number of hydrogen-bond acceptors (Lipinski definition) is 7. The van der Waals surface area contributed by atoms with Gasteiger partial charge in [-0.1, -0.05) is 30.3 Å². The van der Waals surface area contributed by atoms with E-state index in [-0.39, 0.29) is 23.7 Å². The number of nitro groups is 1. The molecule has 1 aliphatic heterocycles. The molecule has 1 saturated heterocycles. The minimum Gasteiger partial charge on any atom is -0.379 e. The second-order valence-corrected chi connectivity index (χ2v) is 10.8. The molecule has 5 rings (SSSR count). The first-order chi connectivity index (χ1) is 15.9. The summed E-state index contributed by atoms with van der Waals surface area (Å²) in [7, 11) is -3.83. The van der Waals surface area contributed by atoms with Crippen LogP contribution in [0.3, 0.4) is 0 Å². The Balaban J connectivity index is 1.49. The van der Waals surface area contributed by atoms with Gasteiger partial charge in [-0.2, -0.15) is 4.31 Å². The Morgan fingerprint density at radius 2 is 1.82 bits per heavy atom. The van der Waals surface area contributed by atoms with E-state index in [4.69, 9.17) is 4.74 Å². The summed E-state index contributed by atoms with van der Waals surface area (Å²) in [6.07, 6.45) is 3.85. The van der Waals surface area contributed by atoms with E-state index in [0.717, 1.165) is 30.2 Å². The molecule has 0 radical (unpaired) electrons. The molecule has 0 atom stereocenters. The summed E-state index contributed by atoms with van der Waals surface area (Å²) < 4.78 is 34.6. The zero-order chi connectivity index (χ0) is 23.0. The van der Waals surface area contributed by atoms with Crippen molar-refractivity contribution in [2.24, 2.45) is 0 Å². The van der Waals surface area contributed by atoms with E-state index in [0.29, 0.717) is 29.3 Å². The summed E-state index contributed by atoms with van der Waals surface area (Å²) in [5.41, 5.74) is 1.75. The molecule has 9 nitrogen and oxygen atoms in total. The molecule has 2 aliphatic rings. The maximum atomic E-state index is 13.0. The van der Waals surface area contributed by atoms with Crippen molar-refractivity contribution in [2.45, 2.75) is 33.8 Å². The molecule has 33 heavy (non-hydrogen) atoms. The topological polar surface area (TPSA) is 108 Å². The summed E-state index contributed by atoms with van der Waals surface area (Å²) in [6, 6.07) is 14.3. The van der Waals surface area contributed by atoms with Crippen LogP contribution in [0.1, 0.15) is 18.9 Å². The number of sulfonamides is 1. The average Bonchev–Trinajstić information content (AvgIpc) is 3.59. The fraction of sp³-hybridized carbons (Fsp3) is 0.318. The van der Waals surface area contributed by atoms with Crippen LogP contribution < -0.4 is 0 Å². The quantitative estimate of drug-likeness (QED) is 0.367. The van der Waals surface area contributed by atoms with Crippen LogP contribution in [0.25, 0.3) is 11.3 Å². The maximum absolute atomic E-state index is 13.0. The fourth-order valence-electron chi connectivity index (χ4n) is 3.85. The predicted octanol–water partition coefficient (Wildman–Crippen LogP) is 3.97. The molecule has 0 bridgehead atoms. The number of benzene rings is 2. The highest BCUT2D eigenvalue weighted by Crippen LogP contribution is 2.44. The number of rotatable bonds is 7. The van der Waals surface area contributed by atoms with Crippen LogP contribution >= 0.6 is 11.8 Å². The Kier molecular flexibility index (Phi) is 5.95. The lowest BCUT2D eigenvalue weighted by molar-refractivity contribution is -0.388. The summed E-state index contributed by atoms with van der Waals surface area (Å²) in [4.78, 5) is 16.1. The van der Waals surface area contributed by atoms with Crippen molar-refractivity contribution < 1.29 is 18.1 Å². The van der Waals surface area contributed by atoms with Gasteiger partial charge in [-0.3, -0.25) is 10.1 Å². The second kappa shape index (κ2) is 8.90. The van der Waals surface area contributed by atoms with Crippen LogP contribution in [0.15, 0.2) is 69.7 Å². The van der Waals surface area contributed by atoms with E-state index in [1.54, 1.807) is 6.20 Å². The average molecular weight is 487 g/mol. The summed E-state index contributed by atoms with van der Waals surface area (Å²) in [6.45, 7) is 1.08. The highest BCUT2D eigenvalue weighted by atomic mass is 32.2. The van der Waals surface area contributed by atoms with E-state index in [2.05, 4.69) is 9.55 Å². The molecule has 1 saturated carbocycles. The van der Waals surface area contributed by atoms with Gasteiger partial charge in [-0.05, 0) is 42.3 Å². The van der Waals surface area contributed by atoms with Crippen molar-refractivity contribution in [3.05, 3.63) is 64.8 Å². The van der Waals surface area contributed by atoms with Crippen LogP contribution in [0.2, 0.25) is 0 Å². The largest absolute Gasteiger partial charge is 0.379 e. The number of nitro benzene ring substituents is 1. The van der Waals surface area contributed by atoms with Gasteiger partial charge < -0.3 is 9.30 Å². The minimum atomic E-state index is -3.83. The number of imidazole rings is 1. The summed E-state index contributed by atoms with van der Waals surface area (Å²) in [5.74, 6) is 0. The molecular formula is C22H22N4O5S2. The Bertz CT molecular complexity index is 1280. The van der Waals surface area contributed by atoms with Crippen molar-refractivity contribution >= 4 is 27.5 Å². The van der Waals surface area contributed by atoms with Gasteiger partial charge in [0.1, 0.15) is 0 Å². The van der Waals surface area contributed by atoms with Gasteiger partial charge in [-0.25, -0.2) is 13.4 Å². The molecule has 0 amide bonds. The van der Waals surface area contributed by atoms with Gasteiger partial charge in [-0.15, -0.1) is 0 Å². The molecule has 0 spiro atoms. The number of nitrogens with zero attached hydrogens (tertiary/aromatic N) is 4. The number of ether oxygens (including phenoxy) is 1. The van der Waals surface area contributed by atoms with Gasteiger partial charge in [0.15, 0.2) is 5.16 Å².